The van der Waals surface area contributed by atoms with Crippen LogP contribution in [0.5, 0.6) is 0 Å². The van der Waals surface area contributed by atoms with E-state index in [1.165, 1.54) is 4.90 Å². The zero-order chi connectivity index (χ0) is 18.7. The van der Waals surface area contributed by atoms with E-state index in [4.69, 9.17) is 4.74 Å². The zero-order valence-electron chi connectivity index (χ0n) is 15.3. The van der Waals surface area contributed by atoms with Crippen LogP contribution in [0.25, 0.3) is 0 Å². The maximum Gasteiger partial charge on any atom is 0.410 e. The summed E-state index contributed by atoms with van der Waals surface area (Å²) in [7, 11) is 3.36. The van der Waals surface area contributed by atoms with Crippen LogP contribution in [-0.4, -0.2) is 78.5 Å². The van der Waals surface area contributed by atoms with Crippen LogP contribution >= 0.6 is 0 Å². The number of carbonyl (C=O) groups is 3. The molecule has 0 radical (unpaired) electrons. The summed E-state index contributed by atoms with van der Waals surface area (Å²) in [5.74, 6) is -0.109. The SMILES string of the molecule is CN(C)C(=O)CCC(=O)N1CCN2C(=O)OCC2(Cc2ccccc2)C1. The number of fused-ring (bicyclic) bond motifs is 1. The third-order valence-electron chi connectivity index (χ3n) is 5.12. The highest BCUT2D eigenvalue weighted by Gasteiger charge is 2.51. The Bertz CT molecular complexity index is 691. The Labute approximate surface area is 153 Å². The van der Waals surface area contributed by atoms with Gasteiger partial charge < -0.3 is 14.5 Å². The molecule has 1 atom stereocenters. The third kappa shape index (κ3) is 3.66. The predicted molar refractivity (Wildman–Crippen MR) is 95.4 cm³/mol. The van der Waals surface area contributed by atoms with Crippen molar-refractivity contribution in [2.75, 3.05) is 40.3 Å². The fourth-order valence-corrected chi connectivity index (χ4v) is 3.65. The summed E-state index contributed by atoms with van der Waals surface area (Å²) in [6.07, 6.45) is 0.719. The smallest absolute Gasteiger partial charge is 0.410 e. The van der Waals surface area contributed by atoms with Gasteiger partial charge in [-0.3, -0.25) is 14.5 Å². The van der Waals surface area contributed by atoms with Gasteiger partial charge >= 0.3 is 6.09 Å². The summed E-state index contributed by atoms with van der Waals surface area (Å²) in [5, 5.41) is 0. The lowest BCUT2D eigenvalue weighted by Crippen LogP contribution is -2.63. The highest BCUT2D eigenvalue weighted by molar-refractivity contribution is 5.84. The van der Waals surface area contributed by atoms with Crippen molar-refractivity contribution in [1.29, 1.82) is 0 Å². The average Bonchev–Trinajstić information content (AvgIpc) is 2.96. The van der Waals surface area contributed by atoms with Gasteiger partial charge in [0, 0.05) is 53.0 Å². The summed E-state index contributed by atoms with van der Waals surface area (Å²) >= 11 is 0. The number of nitrogens with zero attached hydrogens (tertiary/aromatic N) is 3. The lowest BCUT2D eigenvalue weighted by Gasteiger charge is -2.44. The number of carbonyl (C=O) groups excluding carboxylic acids is 3. The highest BCUT2D eigenvalue weighted by Crippen LogP contribution is 2.32. The third-order valence-corrected chi connectivity index (χ3v) is 5.12. The molecule has 1 aromatic carbocycles. The summed E-state index contributed by atoms with van der Waals surface area (Å²) in [6.45, 7) is 1.64. The first kappa shape index (κ1) is 18.2. The molecule has 7 heteroatoms. The maximum atomic E-state index is 12.6. The zero-order valence-corrected chi connectivity index (χ0v) is 15.3. The van der Waals surface area contributed by atoms with E-state index in [-0.39, 0.29) is 37.4 Å². The number of amides is 3. The van der Waals surface area contributed by atoms with Gasteiger partial charge in [-0.05, 0) is 5.56 Å². The summed E-state index contributed by atoms with van der Waals surface area (Å²) in [6, 6.07) is 9.92. The van der Waals surface area contributed by atoms with Crippen LogP contribution in [-0.2, 0) is 20.7 Å². The number of cyclic esters (lactones) is 1. The molecule has 2 heterocycles. The van der Waals surface area contributed by atoms with Gasteiger partial charge in [-0.1, -0.05) is 30.3 Å². The van der Waals surface area contributed by atoms with Crippen molar-refractivity contribution in [2.45, 2.75) is 24.8 Å². The van der Waals surface area contributed by atoms with E-state index >= 15 is 0 Å². The standard InChI is InChI=1S/C19H25N3O4/c1-20(2)16(23)8-9-17(24)21-10-11-22-18(25)26-14-19(22,13-21)12-15-6-4-3-5-7-15/h3-7H,8-14H2,1-2H3. The molecule has 1 unspecified atom stereocenters. The van der Waals surface area contributed by atoms with E-state index in [1.807, 2.05) is 30.3 Å². The number of benzene rings is 1. The molecule has 0 aliphatic carbocycles. The molecule has 3 amide bonds. The molecule has 140 valence electrons. The summed E-state index contributed by atoms with van der Waals surface area (Å²) in [5.41, 5.74) is 0.575. The van der Waals surface area contributed by atoms with Crippen LogP contribution in [0.2, 0.25) is 0 Å². The van der Waals surface area contributed by atoms with Crippen molar-refractivity contribution in [3.8, 4) is 0 Å². The molecule has 26 heavy (non-hydrogen) atoms. The number of ether oxygens (including phenoxy) is 1. The minimum absolute atomic E-state index is 0.0494. The normalized spacial score (nSPS) is 22.0. The molecule has 1 aromatic rings. The highest BCUT2D eigenvalue weighted by atomic mass is 16.6. The summed E-state index contributed by atoms with van der Waals surface area (Å²) in [4.78, 5) is 41.5. The quantitative estimate of drug-likeness (QED) is 0.790. The lowest BCUT2D eigenvalue weighted by atomic mass is 9.88. The molecule has 0 bridgehead atoms. The topological polar surface area (TPSA) is 70.2 Å². The molecule has 0 aromatic heterocycles. The number of piperazine rings is 1. The van der Waals surface area contributed by atoms with Crippen LogP contribution in [0.15, 0.2) is 30.3 Å². The monoisotopic (exact) mass is 359 g/mol. The molecule has 3 rings (SSSR count). The first-order valence-corrected chi connectivity index (χ1v) is 8.87. The Hall–Kier alpha value is -2.57. The van der Waals surface area contributed by atoms with Crippen molar-refractivity contribution in [1.82, 2.24) is 14.7 Å². The Morgan fingerprint density at radius 2 is 1.88 bits per heavy atom. The van der Waals surface area contributed by atoms with Gasteiger partial charge in [0.05, 0.1) is 0 Å². The molecule has 2 saturated heterocycles. The van der Waals surface area contributed by atoms with Gasteiger partial charge in [-0.15, -0.1) is 0 Å². The van der Waals surface area contributed by atoms with Crippen LogP contribution < -0.4 is 0 Å². The van der Waals surface area contributed by atoms with Crippen LogP contribution in [0.1, 0.15) is 18.4 Å². The van der Waals surface area contributed by atoms with Gasteiger partial charge in [0.2, 0.25) is 11.8 Å². The van der Waals surface area contributed by atoms with E-state index in [9.17, 15) is 14.4 Å². The molecule has 2 fully saturated rings. The second kappa shape index (κ2) is 7.35. The fourth-order valence-electron chi connectivity index (χ4n) is 3.65. The maximum absolute atomic E-state index is 12.6. The summed E-state index contributed by atoms with van der Waals surface area (Å²) < 4.78 is 5.32. The van der Waals surface area contributed by atoms with Crippen molar-refractivity contribution in [3.63, 3.8) is 0 Å². The Morgan fingerprint density at radius 3 is 2.58 bits per heavy atom. The first-order chi connectivity index (χ1) is 12.4. The Balaban J connectivity index is 1.71. The minimum atomic E-state index is -0.530. The van der Waals surface area contributed by atoms with E-state index < -0.39 is 5.54 Å². The van der Waals surface area contributed by atoms with Crippen LogP contribution in [0, 0.1) is 0 Å². The van der Waals surface area contributed by atoms with Crippen molar-refractivity contribution >= 4 is 17.9 Å². The van der Waals surface area contributed by atoms with Gasteiger partial charge in [-0.2, -0.15) is 0 Å². The fraction of sp³-hybridized carbons (Fsp3) is 0.526. The number of hydrogen-bond donors (Lipinski definition) is 0. The molecule has 7 nitrogen and oxygen atoms in total. The van der Waals surface area contributed by atoms with E-state index in [1.54, 1.807) is 23.9 Å². The molecule has 0 saturated carbocycles. The minimum Gasteiger partial charge on any atom is -0.447 e. The first-order valence-electron chi connectivity index (χ1n) is 8.87. The molecule has 2 aliphatic heterocycles. The Kier molecular flexibility index (Phi) is 5.15. The average molecular weight is 359 g/mol. The van der Waals surface area contributed by atoms with Crippen LogP contribution in [0.3, 0.4) is 0 Å². The number of hydrogen-bond acceptors (Lipinski definition) is 4. The van der Waals surface area contributed by atoms with Gasteiger partial charge in [0.15, 0.2) is 0 Å². The van der Waals surface area contributed by atoms with Crippen molar-refractivity contribution in [2.24, 2.45) is 0 Å². The van der Waals surface area contributed by atoms with Crippen molar-refractivity contribution in [3.05, 3.63) is 35.9 Å². The molecular formula is C19H25N3O4. The second-order valence-corrected chi connectivity index (χ2v) is 7.20. The van der Waals surface area contributed by atoms with E-state index in [0.717, 1.165) is 5.56 Å². The Morgan fingerprint density at radius 1 is 1.15 bits per heavy atom. The van der Waals surface area contributed by atoms with Crippen molar-refractivity contribution < 1.29 is 19.1 Å². The lowest BCUT2D eigenvalue weighted by molar-refractivity contribution is -0.138. The molecule has 0 spiro atoms. The predicted octanol–water partition coefficient (Wildman–Crippen LogP) is 1.13. The molecule has 2 aliphatic rings. The van der Waals surface area contributed by atoms with Gasteiger partial charge in [0.25, 0.3) is 0 Å². The number of rotatable bonds is 5. The largest absolute Gasteiger partial charge is 0.447 e. The second-order valence-electron chi connectivity index (χ2n) is 7.20. The van der Waals surface area contributed by atoms with E-state index in [2.05, 4.69) is 0 Å². The van der Waals surface area contributed by atoms with E-state index in [0.29, 0.717) is 26.1 Å². The van der Waals surface area contributed by atoms with Gasteiger partial charge in [0.1, 0.15) is 12.1 Å². The van der Waals surface area contributed by atoms with Crippen LogP contribution in [0.4, 0.5) is 4.79 Å². The van der Waals surface area contributed by atoms with Gasteiger partial charge in [-0.25, -0.2) is 4.79 Å². The molecular weight excluding hydrogens is 334 g/mol. The molecule has 0 N–H and O–H groups in total.